The van der Waals surface area contributed by atoms with Crippen LogP contribution in [0, 0.1) is 0 Å². The number of H-pyrrole nitrogens is 1. The number of benzene rings is 2. The van der Waals surface area contributed by atoms with Crippen molar-refractivity contribution in [1.82, 2.24) is 30.2 Å². The molecule has 0 aliphatic carbocycles. The summed E-state index contributed by atoms with van der Waals surface area (Å²) < 4.78 is 2.21. The molecule has 2 aromatic heterocycles. The first-order valence-electron chi connectivity index (χ1n) is 11.1. The molecule has 0 radical (unpaired) electrons. The minimum atomic E-state index is -0.822. The quantitative estimate of drug-likeness (QED) is 0.323. The van der Waals surface area contributed by atoms with Crippen molar-refractivity contribution >= 4 is 29.5 Å². The number of aliphatic carboxylic acids is 1. The van der Waals surface area contributed by atoms with Crippen LogP contribution in [0.3, 0.4) is 0 Å². The number of imidazole rings is 1. The van der Waals surface area contributed by atoms with E-state index < -0.39 is 11.2 Å². The summed E-state index contributed by atoms with van der Waals surface area (Å²) in [6.07, 6.45) is 1.03. The molecule has 4 aromatic rings. The number of carboxylic acid groups (broad SMARTS) is 1. The summed E-state index contributed by atoms with van der Waals surface area (Å²) in [5.74, 6) is 0.684. The maximum atomic E-state index is 11.8. The highest BCUT2D eigenvalue weighted by Crippen LogP contribution is 2.51. The number of rotatable bonds is 8. The van der Waals surface area contributed by atoms with E-state index >= 15 is 0 Å². The van der Waals surface area contributed by atoms with Crippen molar-refractivity contribution in [2.24, 2.45) is 0 Å². The second-order valence-corrected chi connectivity index (χ2v) is 10.6. The van der Waals surface area contributed by atoms with Crippen LogP contribution in [0.1, 0.15) is 47.7 Å². The van der Waals surface area contributed by atoms with Gasteiger partial charge in [-0.05, 0) is 35.2 Å². The lowest BCUT2D eigenvalue weighted by molar-refractivity contribution is -0.136. The number of tetrazole rings is 1. The molecular formula is C24H24N6O2S2. The molecule has 0 fully saturated rings. The van der Waals surface area contributed by atoms with Gasteiger partial charge in [0.25, 0.3) is 0 Å². The molecule has 5 rings (SSSR count). The van der Waals surface area contributed by atoms with Gasteiger partial charge in [-0.15, -0.1) is 22.0 Å². The van der Waals surface area contributed by atoms with Gasteiger partial charge in [-0.1, -0.05) is 67.2 Å². The first-order chi connectivity index (χ1) is 16.6. The van der Waals surface area contributed by atoms with Crippen molar-refractivity contribution in [1.29, 1.82) is 0 Å². The predicted octanol–water partition coefficient (Wildman–Crippen LogP) is 5.21. The molecule has 10 heteroatoms. The van der Waals surface area contributed by atoms with E-state index in [1.54, 1.807) is 11.8 Å². The highest BCUT2D eigenvalue weighted by molar-refractivity contribution is 8.00. The molecule has 8 nitrogen and oxygen atoms in total. The van der Waals surface area contributed by atoms with E-state index in [4.69, 9.17) is 4.98 Å². The second-order valence-electron chi connectivity index (χ2n) is 8.07. The van der Waals surface area contributed by atoms with Gasteiger partial charge in [-0.2, -0.15) is 5.21 Å². The Kier molecular flexibility index (Phi) is 6.42. The van der Waals surface area contributed by atoms with Crippen molar-refractivity contribution in [2.75, 3.05) is 5.75 Å². The van der Waals surface area contributed by atoms with E-state index in [1.807, 2.05) is 24.3 Å². The van der Waals surface area contributed by atoms with Crippen LogP contribution < -0.4 is 0 Å². The van der Waals surface area contributed by atoms with Gasteiger partial charge in [-0.3, -0.25) is 4.79 Å². The van der Waals surface area contributed by atoms with E-state index in [0.717, 1.165) is 45.3 Å². The Labute approximate surface area is 205 Å². The minimum Gasteiger partial charge on any atom is -0.480 e. The molecule has 174 valence electrons. The van der Waals surface area contributed by atoms with Crippen LogP contribution in [-0.2, 0) is 11.3 Å². The van der Waals surface area contributed by atoms with E-state index in [0.29, 0.717) is 18.1 Å². The Balaban J connectivity index is 1.47. The molecule has 0 saturated carbocycles. The highest BCUT2D eigenvalue weighted by atomic mass is 32.2. The molecule has 1 aliphatic rings. The third-order valence-corrected chi connectivity index (χ3v) is 8.26. The molecule has 2 aromatic carbocycles. The van der Waals surface area contributed by atoms with E-state index in [-0.39, 0.29) is 5.25 Å². The highest BCUT2D eigenvalue weighted by Gasteiger charge is 2.39. The molecule has 0 amide bonds. The molecule has 1 aliphatic heterocycles. The Morgan fingerprint density at radius 2 is 1.94 bits per heavy atom. The van der Waals surface area contributed by atoms with Gasteiger partial charge in [0.1, 0.15) is 5.25 Å². The second kappa shape index (κ2) is 9.63. The molecule has 0 spiro atoms. The summed E-state index contributed by atoms with van der Waals surface area (Å²) >= 11 is 3.15. The van der Waals surface area contributed by atoms with Crippen molar-refractivity contribution in [3.8, 4) is 22.5 Å². The van der Waals surface area contributed by atoms with Crippen molar-refractivity contribution in [3.05, 3.63) is 65.5 Å². The van der Waals surface area contributed by atoms with Crippen LogP contribution in [0.25, 0.3) is 22.5 Å². The fourth-order valence-corrected chi connectivity index (χ4v) is 6.30. The van der Waals surface area contributed by atoms with Crippen molar-refractivity contribution < 1.29 is 9.90 Å². The summed E-state index contributed by atoms with van der Waals surface area (Å²) in [5, 5.41) is 24.5. The smallest absolute Gasteiger partial charge is 0.322 e. The molecular weight excluding hydrogens is 468 g/mol. The lowest BCUT2D eigenvalue weighted by Crippen LogP contribution is -2.06. The number of aromatic nitrogens is 6. The van der Waals surface area contributed by atoms with Crippen LogP contribution in [0.5, 0.6) is 0 Å². The number of fused-ring (bicyclic) bond motifs is 1. The summed E-state index contributed by atoms with van der Waals surface area (Å²) in [6.45, 7) is 4.85. The monoisotopic (exact) mass is 492 g/mol. The summed E-state index contributed by atoms with van der Waals surface area (Å²) in [7, 11) is 0. The minimum absolute atomic E-state index is 0.0840. The van der Waals surface area contributed by atoms with Gasteiger partial charge in [0, 0.05) is 23.1 Å². The van der Waals surface area contributed by atoms with Gasteiger partial charge >= 0.3 is 5.97 Å². The third-order valence-electron chi connectivity index (χ3n) is 5.75. The summed E-state index contributed by atoms with van der Waals surface area (Å²) in [4.78, 5) is 16.6. The zero-order chi connectivity index (χ0) is 23.7. The van der Waals surface area contributed by atoms with Crippen LogP contribution in [0.15, 0.2) is 53.7 Å². The van der Waals surface area contributed by atoms with Crippen molar-refractivity contribution in [3.63, 3.8) is 0 Å². The molecule has 2 unspecified atom stereocenters. The lowest BCUT2D eigenvalue weighted by atomic mass is 9.98. The standard InChI is InChI=1S/C24H24N6O2S2/c1-3-12-33-24-25-19-20(14(2)34-21(19)23(31)32)30(24)13-15-8-10-16(11-9-15)17-6-4-5-7-18(17)22-26-28-29-27-22/h4-11,14,21H,3,12-13H2,1-2H3,(H,31,32)(H,26,27,28,29). The maximum Gasteiger partial charge on any atom is 0.322 e. The number of carbonyl (C=O) groups is 1. The Morgan fingerprint density at radius 3 is 2.62 bits per heavy atom. The maximum absolute atomic E-state index is 11.8. The van der Waals surface area contributed by atoms with Gasteiger partial charge in [0.2, 0.25) is 5.82 Å². The van der Waals surface area contributed by atoms with Gasteiger partial charge < -0.3 is 9.67 Å². The summed E-state index contributed by atoms with van der Waals surface area (Å²) in [6, 6.07) is 16.4. The van der Waals surface area contributed by atoms with Crippen LogP contribution in [0.2, 0.25) is 0 Å². The molecule has 2 atom stereocenters. The number of carboxylic acids is 1. The molecule has 34 heavy (non-hydrogen) atoms. The van der Waals surface area contributed by atoms with E-state index in [2.05, 4.69) is 63.3 Å². The van der Waals surface area contributed by atoms with E-state index in [9.17, 15) is 9.90 Å². The number of hydrogen-bond acceptors (Lipinski definition) is 7. The molecule has 0 bridgehead atoms. The largest absolute Gasteiger partial charge is 0.480 e. The molecule has 3 heterocycles. The normalized spacial score (nSPS) is 17.1. The zero-order valence-electron chi connectivity index (χ0n) is 18.8. The Hall–Kier alpha value is -3.11. The van der Waals surface area contributed by atoms with Crippen LogP contribution in [0.4, 0.5) is 0 Å². The van der Waals surface area contributed by atoms with Gasteiger partial charge in [0.15, 0.2) is 5.16 Å². The van der Waals surface area contributed by atoms with Gasteiger partial charge in [0.05, 0.1) is 11.4 Å². The number of nitrogens with one attached hydrogen (secondary N) is 1. The number of hydrogen-bond donors (Lipinski definition) is 2. The lowest BCUT2D eigenvalue weighted by Gasteiger charge is -2.14. The number of nitrogens with zero attached hydrogens (tertiary/aromatic N) is 5. The van der Waals surface area contributed by atoms with Crippen LogP contribution in [-0.4, -0.2) is 47.0 Å². The number of aromatic amines is 1. The molecule has 2 N–H and O–H groups in total. The average Bonchev–Trinajstić information content (AvgIpc) is 3.57. The van der Waals surface area contributed by atoms with Crippen molar-refractivity contribution in [2.45, 2.75) is 42.5 Å². The fourth-order valence-electron chi connectivity index (χ4n) is 4.23. The topological polar surface area (TPSA) is 110 Å². The predicted molar refractivity (Wildman–Crippen MR) is 134 cm³/mol. The average molecular weight is 493 g/mol. The van der Waals surface area contributed by atoms with Gasteiger partial charge in [-0.25, -0.2) is 4.98 Å². The third kappa shape index (κ3) is 4.23. The van der Waals surface area contributed by atoms with E-state index in [1.165, 1.54) is 11.8 Å². The first-order valence-corrected chi connectivity index (χ1v) is 13.0. The summed E-state index contributed by atoms with van der Waals surface area (Å²) in [5.41, 5.74) is 5.88. The van der Waals surface area contributed by atoms with Crippen LogP contribution >= 0.6 is 23.5 Å². The fraction of sp³-hybridized carbons (Fsp3) is 0.292. The SMILES string of the molecule is CCCSc1nc2c(n1Cc1ccc(-c3ccccc3-c3nn[nH]n3)cc1)C(C)SC2C(=O)O. The first kappa shape index (κ1) is 22.7. The Morgan fingerprint density at radius 1 is 1.18 bits per heavy atom. The number of thioether (sulfide) groups is 2. The zero-order valence-corrected chi connectivity index (χ0v) is 20.4. The molecule has 0 saturated heterocycles. The Bertz CT molecular complexity index is 1300.